The molecule has 1 aliphatic rings. The van der Waals surface area contributed by atoms with Crippen LogP contribution in [0.3, 0.4) is 0 Å². The highest BCUT2D eigenvalue weighted by Gasteiger charge is 2.24. The molecule has 0 aliphatic carbocycles. The minimum atomic E-state index is -0.176. The zero-order valence-corrected chi connectivity index (χ0v) is 11.5. The van der Waals surface area contributed by atoms with Gasteiger partial charge in [-0.3, -0.25) is 9.69 Å². The molecule has 0 N–H and O–H groups in total. The number of morpholine rings is 1. The van der Waals surface area contributed by atoms with Crippen molar-refractivity contribution in [3.05, 3.63) is 35.9 Å². The maximum Gasteiger partial charge on any atom is 0.320 e. The van der Waals surface area contributed by atoms with Crippen LogP contribution >= 0.6 is 0 Å². The molecule has 0 amide bonds. The lowest BCUT2D eigenvalue weighted by Crippen LogP contribution is -2.47. The molecule has 0 radical (unpaired) electrons. The number of hydrogen-bond donors (Lipinski definition) is 0. The van der Waals surface area contributed by atoms with Crippen molar-refractivity contribution in [1.29, 1.82) is 0 Å². The molecule has 2 rings (SSSR count). The topological polar surface area (TPSA) is 38.8 Å². The van der Waals surface area contributed by atoms with Gasteiger partial charge in [-0.1, -0.05) is 30.3 Å². The fourth-order valence-corrected chi connectivity index (χ4v) is 2.38. The van der Waals surface area contributed by atoms with Crippen LogP contribution in [0.15, 0.2) is 30.3 Å². The van der Waals surface area contributed by atoms with E-state index < -0.39 is 0 Å². The van der Waals surface area contributed by atoms with Gasteiger partial charge in [-0.25, -0.2) is 0 Å². The highest BCUT2D eigenvalue weighted by molar-refractivity contribution is 5.71. The molecule has 4 nitrogen and oxygen atoms in total. The monoisotopic (exact) mass is 263 g/mol. The fraction of sp³-hybridized carbons (Fsp3) is 0.533. The summed E-state index contributed by atoms with van der Waals surface area (Å²) in [5.41, 5.74) is 1.01. The second kappa shape index (κ2) is 6.68. The van der Waals surface area contributed by atoms with Crippen molar-refractivity contribution < 1.29 is 14.3 Å². The number of benzene rings is 1. The first-order chi connectivity index (χ1) is 9.13. The standard InChI is InChI=1S/C15H21NO3/c1-12-8-16(9-13(2)19-12)10-15(17)18-11-14-6-4-3-5-7-14/h3-7,12-13H,8-11H2,1-2H3/t12-,13+. The van der Waals surface area contributed by atoms with Gasteiger partial charge in [0.15, 0.2) is 0 Å². The van der Waals surface area contributed by atoms with Crippen LogP contribution in [0.4, 0.5) is 0 Å². The van der Waals surface area contributed by atoms with E-state index in [1.165, 1.54) is 0 Å². The summed E-state index contributed by atoms with van der Waals surface area (Å²) in [6, 6.07) is 9.73. The fourth-order valence-electron chi connectivity index (χ4n) is 2.38. The third-order valence-corrected chi connectivity index (χ3v) is 3.09. The zero-order chi connectivity index (χ0) is 13.7. The number of esters is 1. The van der Waals surface area contributed by atoms with E-state index in [0.29, 0.717) is 13.2 Å². The summed E-state index contributed by atoms with van der Waals surface area (Å²) in [5.74, 6) is -0.176. The van der Waals surface area contributed by atoms with Crippen molar-refractivity contribution in [1.82, 2.24) is 4.90 Å². The summed E-state index contributed by atoms with van der Waals surface area (Å²) in [7, 11) is 0. The Morgan fingerprint density at radius 2 is 1.89 bits per heavy atom. The summed E-state index contributed by atoms with van der Waals surface area (Å²) >= 11 is 0. The van der Waals surface area contributed by atoms with E-state index in [-0.39, 0.29) is 18.2 Å². The Morgan fingerprint density at radius 1 is 1.26 bits per heavy atom. The largest absolute Gasteiger partial charge is 0.460 e. The summed E-state index contributed by atoms with van der Waals surface area (Å²) < 4.78 is 10.9. The molecule has 1 aromatic carbocycles. The van der Waals surface area contributed by atoms with E-state index in [9.17, 15) is 4.79 Å². The van der Waals surface area contributed by atoms with Crippen LogP contribution in [0, 0.1) is 0 Å². The van der Waals surface area contributed by atoms with E-state index in [4.69, 9.17) is 9.47 Å². The van der Waals surface area contributed by atoms with Crippen molar-refractivity contribution in [3.8, 4) is 0 Å². The Bertz CT molecular complexity index is 397. The Hall–Kier alpha value is -1.39. The van der Waals surface area contributed by atoms with Crippen LogP contribution < -0.4 is 0 Å². The van der Waals surface area contributed by atoms with Crippen molar-refractivity contribution in [2.75, 3.05) is 19.6 Å². The van der Waals surface area contributed by atoms with Gasteiger partial charge < -0.3 is 9.47 Å². The molecule has 19 heavy (non-hydrogen) atoms. The van der Waals surface area contributed by atoms with Crippen molar-refractivity contribution in [3.63, 3.8) is 0 Å². The Morgan fingerprint density at radius 3 is 2.53 bits per heavy atom. The average Bonchev–Trinajstić information content (AvgIpc) is 2.36. The molecular formula is C15H21NO3. The molecule has 1 fully saturated rings. The first-order valence-electron chi connectivity index (χ1n) is 6.71. The van der Waals surface area contributed by atoms with Gasteiger partial charge in [0.05, 0.1) is 18.8 Å². The van der Waals surface area contributed by atoms with Crippen molar-refractivity contribution in [2.24, 2.45) is 0 Å². The van der Waals surface area contributed by atoms with Gasteiger partial charge in [0.25, 0.3) is 0 Å². The van der Waals surface area contributed by atoms with Gasteiger partial charge in [0.1, 0.15) is 6.61 Å². The van der Waals surface area contributed by atoms with Gasteiger partial charge in [0, 0.05) is 13.1 Å². The third-order valence-electron chi connectivity index (χ3n) is 3.09. The van der Waals surface area contributed by atoms with E-state index in [0.717, 1.165) is 18.7 Å². The summed E-state index contributed by atoms with van der Waals surface area (Å²) in [4.78, 5) is 13.9. The summed E-state index contributed by atoms with van der Waals surface area (Å²) in [6.45, 7) is 6.30. The number of hydrogen-bond acceptors (Lipinski definition) is 4. The highest BCUT2D eigenvalue weighted by atomic mass is 16.5. The highest BCUT2D eigenvalue weighted by Crippen LogP contribution is 2.10. The van der Waals surface area contributed by atoms with Crippen molar-refractivity contribution >= 4 is 5.97 Å². The van der Waals surface area contributed by atoms with E-state index >= 15 is 0 Å². The third kappa shape index (κ3) is 4.65. The maximum atomic E-state index is 11.8. The Balaban J connectivity index is 1.75. The first-order valence-corrected chi connectivity index (χ1v) is 6.71. The van der Waals surface area contributed by atoms with E-state index in [2.05, 4.69) is 4.90 Å². The minimum Gasteiger partial charge on any atom is -0.460 e. The van der Waals surface area contributed by atoms with E-state index in [1.54, 1.807) is 0 Å². The molecule has 1 aliphatic heterocycles. The molecule has 4 heteroatoms. The van der Waals surface area contributed by atoms with Crippen LogP contribution in [0.1, 0.15) is 19.4 Å². The minimum absolute atomic E-state index is 0.172. The molecule has 0 spiro atoms. The predicted octanol–water partition coefficient (Wildman–Crippen LogP) is 1.84. The van der Waals surface area contributed by atoms with Crippen LogP contribution in [0.25, 0.3) is 0 Å². The van der Waals surface area contributed by atoms with Gasteiger partial charge >= 0.3 is 5.97 Å². The second-order valence-corrected chi connectivity index (χ2v) is 5.10. The first kappa shape index (κ1) is 14.0. The summed E-state index contributed by atoms with van der Waals surface area (Å²) in [6.07, 6.45) is 0.344. The molecule has 0 unspecified atom stereocenters. The molecule has 1 aromatic rings. The lowest BCUT2D eigenvalue weighted by molar-refractivity contribution is -0.149. The SMILES string of the molecule is C[C@@H]1CN(CC(=O)OCc2ccccc2)C[C@H](C)O1. The molecule has 0 aromatic heterocycles. The molecular weight excluding hydrogens is 242 g/mol. The predicted molar refractivity (Wildman–Crippen MR) is 72.7 cm³/mol. The smallest absolute Gasteiger partial charge is 0.320 e. The van der Waals surface area contributed by atoms with E-state index in [1.807, 2.05) is 44.2 Å². The number of nitrogens with zero attached hydrogens (tertiary/aromatic N) is 1. The van der Waals surface area contributed by atoms with Crippen LogP contribution in [0.2, 0.25) is 0 Å². The second-order valence-electron chi connectivity index (χ2n) is 5.10. The zero-order valence-electron chi connectivity index (χ0n) is 11.5. The average molecular weight is 263 g/mol. The van der Waals surface area contributed by atoms with Gasteiger partial charge in [-0.15, -0.1) is 0 Å². The summed E-state index contributed by atoms with van der Waals surface area (Å²) in [5, 5.41) is 0. The lowest BCUT2D eigenvalue weighted by atomic mass is 10.2. The molecule has 1 saturated heterocycles. The van der Waals surface area contributed by atoms with Crippen LogP contribution in [0.5, 0.6) is 0 Å². The Labute approximate surface area is 114 Å². The molecule has 104 valence electrons. The molecule has 0 saturated carbocycles. The lowest BCUT2D eigenvalue weighted by Gasteiger charge is -2.34. The molecule has 0 bridgehead atoms. The number of ether oxygens (including phenoxy) is 2. The number of carbonyl (C=O) groups excluding carboxylic acids is 1. The molecule has 1 heterocycles. The van der Waals surface area contributed by atoms with Crippen LogP contribution in [-0.4, -0.2) is 42.7 Å². The van der Waals surface area contributed by atoms with Crippen molar-refractivity contribution in [2.45, 2.75) is 32.7 Å². The normalized spacial score (nSPS) is 24.1. The Kier molecular flexibility index (Phi) is 4.93. The van der Waals surface area contributed by atoms with Gasteiger partial charge in [0.2, 0.25) is 0 Å². The van der Waals surface area contributed by atoms with Crippen LogP contribution in [-0.2, 0) is 20.9 Å². The number of carbonyl (C=O) groups is 1. The molecule has 2 atom stereocenters. The van der Waals surface area contributed by atoms with Gasteiger partial charge in [-0.2, -0.15) is 0 Å². The quantitative estimate of drug-likeness (QED) is 0.777. The van der Waals surface area contributed by atoms with Gasteiger partial charge in [-0.05, 0) is 19.4 Å². The maximum absolute atomic E-state index is 11.8. The number of rotatable bonds is 4.